The van der Waals surface area contributed by atoms with E-state index >= 15 is 0 Å². The number of Topliss-reactive ketones (excluding diaryl/α,β-unsaturated/α-hetero) is 1. The normalized spacial score (nSPS) is 11.2. The molecule has 0 fully saturated rings. The van der Waals surface area contributed by atoms with Crippen molar-refractivity contribution in [3.8, 4) is 0 Å². The summed E-state index contributed by atoms with van der Waals surface area (Å²) in [4.78, 5) is 15.2. The smallest absolute Gasteiger partial charge is 0.165 e. The van der Waals surface area contributed by atoms with Gasteiger partial charge in [0.25, 0.3) is 0 Å². The van der Waals surface area contributed by atoms with Crippen LogP contribution in [0.4, 0.5) is 0 Å². The molecule has 0 saturated heterocycles. The van der Waals surface area contributed by atoms with Crippen LogP contribution in [0.15, 0.2) is 24.4 Å². The zero-order chi connectivity index (χ0) is 11.7. The molecule has 1 aromatic carbocycles. The third-order valence-corrected chi connectivity index (χ3v) is 2.73. The Bertz CT molecular complexity index is 523. The van der Waals surface area contributed by atoms with E-state index in [0.29, 0.717) is 12.3 Å². The fourth-order valence-electron chi connectivity index (χ4n) is 1.95. The van der Waals surface area contributed by atoms with Gasteiger partial charge in [0.15, 0.2) is 5.78 Å². The molecule has 0 atom stereocenters. The summed E-state index contributed by atoms with van der Waals surface area (Å²) in [6.07, 6.45) is 2.44. The molecule has 0 aliphatic heterocycles. The third-order valence-electron chi connectivity index (χ3n) is 2.73. The first-order valence-electron chi connectivity index (χ1n) is 5.69. The maximum atomic E-state index is 12.0. The highest BCUT2D eigenvalue weighted by atomic mass is 16.1. The van der Waals surface area contributed by atoms with Crippen LogP contribution in [0.2, 0.25) is 0 Å². The van der Waals surface area contributed by atoms with E-state index in [9.17, 15) is 4.79 Å². The Balaban J connectivity index is 2.44. The molecule has 16 heavy (non-hydrogen) atoms. The standard InChI is InChI=1S/C14H17NO/c1-9(2)6-14(16)12-8-15-13-5-4-10(3)7-11(12)13/h4-5,7-9,15H,6H2,1-3H3. The van der Waals surface area contributed by atoms with Crippen LogP contribution >= 0.6 is 0 Å². The summed E-state index contributed by atoms with van der Waals surface area (Å²) in [5, 5.41) is 1.05. The number of H-pyrrole nitrogens is 1. The molecular formula is C14H17NO. The number of hydrogen-bond acceptors (Lipinski definition) is 1. The van der Waals surface area contributed by atoms with Gasteiger partial charge in [0.05, 0.1) is 0 Å². The largest absolute Gasteiger partial charge is 0.360 e. The van der Waals surface area contributed by atoms with E-state index in [0.717, 1.165) is 16.5 Å². The Morgan fingerprint density at radius 3 is 2.81 bits per heavy atom. The van der Waals surface area contributed by atoms with Crippen LogP contribution in [-0.4, -0.2) is 10.8 Å². The number of hydrogen-bond donors (Lipinski definition) is 1. The molecule has 2 rings (SSSR count). The molecule has 1 heterocycles. The number of aromatic nitrogens is 1. The summed E-state index contributed by atoms with van der Waals surface area (Å²) in [6.45, 7) is 6.18. The van der Waals surface area contributed by atoms with Crippen LogP contribution in [0.1, 0.15) is 36.2 Å². The lowest BCUT2D eigenvalue weighted by molar-refractivity contribution is 0.0969. The molecule has 2 aromatic rings. The van der Waals surface area contributed by atoms with Gasteiger partial charge in [0.1, 0.15) is 0 Å². The van der Waals surface area contributed by atoms with Gasteiger partial charge in [-0.25, -0.2) is 0 Å². The average Bonchev–Trinajstić information content (AvgIpc) is 2.59. The number of carbonyl (C=O) groups is 1. The minimum absolute atomic E-state index is 0.229. The summed E-state index contributed by atoms with van der Waals surface area (Å²) in [6, 6.07) is 6.14. The molecule has 0 saturated carbocycles. The lowest BCUT2D eigenvalue weighted by Crippen LogP contribution is -2.02. The van der Waals surface area contributed by atoms with Crippen molar-refractivity contribution in [2.24, 2.45) is 5.92 Å². The molecule has 0 unspecified atom stereocenters. The van der Waals surface area contributed by atoms with Crippen molar-refractivity contribution in [2.75, 3.05) is 0 Å². The molecule has 0 amide bonds. The Morgan fingerprint density at radius 2 is 2.12 bits per heavy atom. The number of carbonyl (C=O) groups excluding carboxylic acids is 1. The first-order chi connectivity index (χ1) is 7.58. The first-order valence-corrected chi connectivity index (χ1v) is 5.69. The second-order valence-corrected chi connectivity index (χ2v) is 4.77. The molecule has 0 bridgehead atoms. The van der Waals surface area contributed by atoms with Gasteiger partial charge in [0, 0.05) is 29.1 Å². The van der Waals surface area contributed by atoms with E-state index in [4.69, 9.17) is 0 Å². The monoisotopic (exact) mass is 215 g/mol. The fraction of sp³-hybridized carbons (Fsp3) is 0.357. The summed E-state index contributed by atoms with van der Waals surface area (Å²) in [5.41, 5.74) is 3.05. The topological polar surface area (TPSA) is 32.9 Å². The van der Waals surface area contributed by atoms with Crippen LogP contribution in [0.3, 0.4) is 0 Å². The second-order valence-electron chi connectivity index (χ2n) is 4.77. The van der Waals surface area contributed by atoms with Gasteiger partial charge in [-0.15, -0.1) is 0 Å². The van der Waals surface area contributed by atoms with Crippen molar-refractivity contribution in [3.63, 3.8) is 0 Å². The van der Waals surface area contributed by atoms with Gasteiger partial charge in [-0.3, -0.25) is 4.79 Å². The predicted octanol–water partition coefficient (Wildman–Crippen LogP) is 3.71. The Hall–Kier alpha value is -1.57. The zero-order valence-corrected chi connectivity index (χ0v) is 10.0. The van der Waals surface area contributed by atoms with Crippen LogP contribution in [0.5, 0.6) is 0 Å². The van der Waals surface area contributed by atoms with E-state index < -0.39 is 0 Å². The maximum absolute atomic E-state index is 12.0. The summed E-state index contributed by atoms with van der Waals surface area (Å²) >= 11 is 0. The van der Waals surface area contributed by atoms with Gasteiger partial charge in [-0.05, 0) is 25.0 Å². The highest BCUT2D eigenvalue weighted by Crippen LogP contribution is 2.22. The Morgan fingerprint density at radius 1 is 1.38 bits per heavy atom. The highest BCUT2D eigenvalue weighted by molar-refractivity contribution is 6.08. The summed E-state index contributed by atoms with van der Waals surface area (Å²) in [7, 11) is 0. The number of aromatic amines is 1. The number of benzene rings is 1. The number of rotatable bonds is 3. The van der Waals surface area contributed by atoms with E-state index in [-0.39, 0.29) is 5.78 Å². The molecule has 84 valence electrons. The molecule has 0 spiro atoms. The predicted molar refractivity (Wildman–Crippen MR) is 66.8 cm³/mol. The van der Waals surface area contributed by atoms with Gasteiger partial charge in [-0.2, -0.15) is 0 Å². The van der Waals surface area contributed by atoms with Crippen LogP contribution in [0, 0.1) is 12.8 Å². The first kappa shape index (κ1) is 10.9. The number of aryl methyl sites for hydroxylation is 1. The lowest BCUT2D eigenvalue weighted by Gasteiger charge is -2.02. The second kappa shape index (κ2) is 4.12. The summed E-state index contributed by atoms with van der Waals surface area (Å²) in [5.74, 6) is 0.633. The van der Waals surface area contributed by atoms with E-state index in [2.05, 4.69) is 31.0 Å². The Kier molecular flexibility index (Phi) is 2.82. The van der Waals surface area contributed by atoms with Crippen molar-refractivity contribution in [1.82, 2.24) is 4.98 Å². The van der Waals surface area contributed by atoms with Crippen LogP contribution < -0.4 is 0 Å². The van der Waals surface area contributed by atoms with Crippen molar-refractivity contribution in [3.05, 3.63) is 35.5 Å². The van der Waals surface area contributed by atoms with E-state index in [1.54, 1.807) is 0 Å². The molecule has 1 aromatic heterocycles. The van der Waals surface area contributed by atoms with Crippen molar-refractivity contribution in [2.45, 2.75) is 27.2 Å². The molecule has 0 radical (unpaired) electrons. The summed E-state index contributed by atoms with van der Waals surface area (Å²) < 4.78 is 0. The third kappa shape index (κ3) is 2.01. The van der Waals surface area contributed by atoms with E-state index in [1.165, 1.54) is 5.56 Å². The lowest BCUT2D eigenvalue weighted by atomic mass is 10.0. The fourth-order valence-corrected chi connectivity index (χ4v) is 1.95. The van der Waals surface area contributed by atoms with Gasteiger partial charge < -0.3 is 4.98 Å². The van der Waals surface area contributed by atoms with Crippen LogP contribution in [-0.2, 0) is 0 Å². The molecular weight excluding hydrogens is 198 g/mol. The number of fused-ring (bicyclic) bond motifs is 1. The van der Waals surface area contributed by atoms with E-state index in [1.807, 2.05) is 19.2 Å². The number of ketones is 1. The maximum Gasteiger partial charge on any atom is 0.165 e. The Labute approximate surface area is 95.7 Å². The quantitative estimate of drug-likeness (QED) is 0.778. The molecule has 2 nitrogen and oxygen atoms in total. The van der Waals surface area contributed by atoms with Crippen molar-refractivity contribution < 1.29 is 4.79 Å². The van der Waals surface area contributed by atoms with Gasteiger partial charge in [-0.1, -0.05) is 25.5 Å². The average molecular weight is 215 g/mol. The molecule has 0 aliphatic rings. The van der Waals surface area contributed by atoms with Crippen molar-refractivity contribution >= 4 is 16.7 Å². The molecule has 2 heteroatoms. The van der Waals surface area contributed by atoms with Gasteiger partial charge in [0.2, 0.25) is 0 Å². The highest BCUT2D eigenvalue weighted by Gasteiger charge is 2.13. The number of nitrogens with one attached hydrogen (secondary N) is 1. The minimum atomic E-state index is 0.229. The zero-order valence-electron chi connectivity index (χ0n) is 10.0. The van der Waals surface area contributed by atoms with Crippen LogP contribution in [0.25, 0.3) is 10.9 Å². The SMILES string of the molecule is Cc1ccc2[nH]cc(C(=O)CC(C)C)c2c1. The molecule has 0 aliphatic carbocycles. The van der Waals surface area contributed by atoms with Crippen molar-refractivity contribution in [1.29, 1.82) is 0 Å². The van der Waals surface area contributed by atoms with Gasteiger partial charge >= 0.3 is 0 Å². The molecule has 1 N–H and O–H groups in total. The minimum Gasteiger partial charge on any atom is -0.360 e.